The third kappa shape index (κ3) is 4.92. The number of halogens is 1. The summed E-state index contributed by atoms with van der Waals surface area (Å²) in [6, 6.07) is 16.4. The van der Waals surface area contributed by atoms with Gasteiger partial charge in [0.15, 0.2) is 0 Å². The van der Waals surface area contributed by atoms with Gasteiger partial charge in [0.2, 0.25) is 11.9 Å². The molecule has 0 bridgehead atoms. The average molecular weight is 354 g/mol. The van der Waals surface area contributed by atoms with Gasteiger partial charge in [0.25, 0.3) is 0 Å². The van der Waals surface area contributed by atoms with Crippen LogP contribution in [0.4, 0.5) is 28.8 Å². The third-order valence-electron chi connectivity index (χ3n) is 3.23. The molecular formula is C18H16ClN5O. The van der Waals surface area contributed by atoms with Gasteiger partial charge in [0.1, 0.15) is 5.82 Å². The molecule has 3 rings (SSSR count). The van der Waals surface area contributed by atoms with Gasteiger partial charge in [-0.3, -0.25) is 4.79 Å². The highest BCUT2D eigenvalue weighted by atomic mass is 35.5. The first-order valence-corrected chi connectivity index (χ1v) is 7.96. The van der Waals surface area contributed by atoms with E-state index >= 15 is 0 Å². The van der Waals surface area contributed by atoms with E-state index in [0.717, 1.165) is 17.1 Å². The van der Waals surface area contributed by atoms with E-state index in [2.05, 4.69) is 25.9 Å². The normalized spacial score (nSPS) is 10.2. The molecule has 7 heteroatoms. The number of carbonyl (C=O) groups excluding carboxylic acids is 1. The molecule has 1 amide bonds. The Morgan fingerprint density at radius 3 is 2.16 bits per heavy atom. The molecule has 0 aliphatic heterocycles. The highest BCUT2D eigenvalue weighted by molar-refractivity contribution is 6.30. The Labute approximate surface area is 150 Å². The van der Waals surface area contributed by atoms with E-state index in [9.17, 15) is 4.79 Å². The summed E-state index contributed by atoms with van der Waals surface area (Å²) >= 11 is 5.88. The molecule has 0 radical (unpaired) electrons. The van der Waals surface area contributed by atoms with E-state index < -0.39 is 0 Å². The third-order valence-corrected chi connectivity index (χ3v) is 3.49. The molecule has 0 spiro atoms. The summed E-state index contributed by atoms with van der Waals surface area (Å²) in [6.45, 7) is 1.47. The fraction of sp³-hybridized carbons (Fsp3) is 0.0556. The van der Waals surface area contributed by atoms with Crippen LogP contribution in [-0.2, 0) is 4.79 Å². The number of hydrogen-bond acceptors (Lipinski definition) is 5. The number of nitrogens with zero attached hydrogens (tertiary/aromatic N) is 2. The van der Waals surface area contributed by atoms with Crippen molar-refractivity contribution in [2.24, 2.45) is 0 Å². The molecule has 0 unspecified atom stereocenters. The van der Waals surface area contributed by atoms with E-state index in [-0.39, 0.29) is 5.91 Å². The first-order chi connectivity index (χ1) is 12.1. The molecule has 0 aliphatic carbocycles. The zero-order chi connectivity index (χ0) is 17.6. The van der Waals surface area contributed by atoms with Crippen LogP contribution in [0.2, 0.25) is 5.02 Å². The lowest BCUT2D eigenvalue weighted by Crippen LogP contribution is -2.05. The van der Waals surface area contributed by atoms with E-state index in [1.54, 1.807) is 24.4 Å². The van der Waals surface area contributed by atoms with Gasteiger partial charge in [-0.05, 0) is 54.6 Å². The smallest absolute Gasteiger partial charge is 0.229 e. The summed E-state index contributed by atoms with van der Waals surface area (Å²) in [7, 11) is 0. The summed E-state index contributed by atoms with van der Waals surface area (Å²) in [5.41, 5.74) is 2.44. The molecule has 6 nitrogen and oxygen atoms in total. The minimum atomic E-state index is -0.102. The lowest BCUT2D eigenvalue weighted by Gasteiger charge is -2.09. The molecule has 0 aliphatic rings. The SMILES string of the molecule is CC(=O)Nc1ccc(Nc2ccnc(Nc3ccc(Cl)cc3)n2)cc1. The average Bonchev–Trinajstić information content (AvgIpc) is 2.59. The molecule has 0 saturated heterocycles. The van der Waals surface area contributed by atoms with Crippen LogP contribution in [0.1, 0.15) is 6.92 Å². The van der Waals surface area contributed by atoms with Crippen LogP contribution >= 0.6 is 11.6 Å². The van der Waals surface area contributed by atoms with Crippen molar-refractivity contribution in [1.82, 2.24) is 9.97 Å². The van der Waals surface area contributed by atoms with Crippen molar-refractivity contribution < 1.29 is 4.79 Å². The Bertz CT molecular complexity index is 865. The van der Waals surface area contributed by atoms with Gasteiger partial charge in [-0.25, -0.2) is 4.98 Å². The molecule has 3 N–H and O–H groups in total. The van der Waals surface area contributed by atoms with Crippen molar-refractivity contribution in [3.8, 4) is 0 Å². The molecular weight excluding hydrogens is 338 g/mol. The van der Waals surface area contributed by atoms with Crippen molar-refractivity contribution in [3.63, 3.8) is 0 Å². The minimum absolute atomic E-state index is 0.102. The van der Waals surface area contributed by atoms with Crippen LogP contribution < -0.4 is 16.0 Å². The van der Waals surface area contributed by atoms with Crippen LogP contribution in [0.3, 0.4) is 0 Å². The maximum absolute atomic E-state index is 11.0. The number of rotatable bonds is 5. The second kappa shape index (κ2) is 7.63. The second-order valence-electron chi connectivity index (χ2n) is 5.28. The Morgan fingerprint density at radius 1 is 0.880 bits per heavy atom. The molecule has 0 atom stereocenters. The molecule has 2 aromatic carbocycles. The number of aromatic nitrogens is 2. The molecule has 3 aromatic rings. The fourth-order valence-electron chi connectivity index (χ4n) is 2.14. The molecule has 0 fully saturated rings. The molecule has 126 valence electrons. The van der Waals surface area contributed by atoms with Gasteiger partial charge in [-0.2, -0.15) is 4.98 Å². The fourth-order valence-corrected chi connectivity index (χ4v) is 2.26. The maximum Gasteiger partial charge on any atom is 0.229 e. The van der Waals surface area contributed by atoms with Gasteiger partial charge in [0, 0.05) is 35.2 Å². The minimum Gasteiger partial charge on any atom is -0.340 e. The highest BCUT2D eigenvalue weighted by Crippen LogP contribution is 2.20. The highest BCUT2D eigenvalue weighted by Gasteiger charge is 2.02. The molecule has 1 aromatic heterocycles. The van der Waals surface area contributed by atoms with Crippen LogP contribution in [0, 0.1) is 0 Å². The van der Waals surface area contributed by atoms with Gasteiger partial charge in [-0.1, -0.05) is 11.6 Å². The van der Waals surface area contributed by atoms with E-state index in [0.29, 0.717) is 16.8 Å². The Balaban J connectivity index is 1.68. The van der Waals surface area contributed by atoms with Crippen molar-refractivity contribution in [2.45, 2.75) is 6.92 Å². The summed E-state index contributed by atoms with van der Waals surface area (Å²) in [6.07, 6.45) is 1.67. The number of nitrogens with one attached hydrogen (secondary N) is 3. The van der Waals surface area contributed by atoms with Gasteiger partial charge >= 0.3 is 0 Å². The quantitative estimate of drug-likeness (QED) is 0.626. The van der Waals surface area contributed by atoms with Crippen molar-refractivity contribution in [3.05, 3.63) is 65.8 Å². The molecule has 1 heterocycles. The van der Waals surface area contributed by atoms with Gasteiger partial charge in [0.05, 0.1) is 0 Å². The first kappa shape index (κ1) is 16.7. The topological polar surface area (TPSA) is 78.9 Å². The van der Waals surface area contributed by atoms with Crippen LogP contribution in [0.5, 0.6) is 0 Å². The van der Waals surface area contributed by atoms with Crippen LogP contribution in [0.25, 0.3) is 0 Å². The van der Waals surface area contributed by atoms with Gasteiger partial charge in [-0.15, -0.1) is 0 Å². The summed E-state index contributed by atoms with van der Waals surface area (Å²) in [5.74, 6) is 1.02. The van der Waals surface area contributed by atoms with E-state index in [1.807, 2.05) is 36.4 Å². The van der Waals surface area contributed by atoms with Crippen LogP contribution in [-0.4, -0.2) is 15.9 Å². The maximum atomic E-state index is 11.0. The van der Waals surface area contributed by atoms with Crippen molar-refractivity contribution >= 4 is 46.3 Å². The number of carbonyl (C=O) groups is 1. The van der Waals surface area contributed by atoms with E-state index in [4.69, 9.17) is 11.6 Å². The number of benzene rings is 2. The number of anilines is 5. The van der Waals surface area contributed by atoms with Crippen LogP contribution in [0.15, 0.2) is 60.8 Å². The Hall–Kier alpha value is -3.12. The lowest BCUT2D eigenvalue weighted by molar-refractivity contribution is -0.114. The Morgan fingerprint density at radius 2 is 1.48 bits per heavy atom. The van der Waals surface area contributed by atoms with E-state index in [1.165, 1.54) is 6.92 Å². The molecule has 25 heavy (non-hydrogen) atoms. The monoisotopic (exact) mass is 353 g/mol. The lowest BCUT2D eigenvalue weighted by atomic mass is 10.2. The number of amides is 1. The standard InChI is InChI=1S/C18H16ClN5O/c1-12(25)21-14-6-8-15(9-7-14)22-17-10-11-20-18(24-17)23-16-4-2-13(19)3-5-16/h2-11H,1H3,(H,21,25)(H2,20,22,23,24). The summed E-state index contributed by atoms with van der Waals surface area (Å²) < 4.78 is 0. The predicted molar refractivity (Wildman–Crippen MR) is 101 cm³/mol. The summed E-state index contributed by atoms with van der Waals surface area (Å²) in [4.78, 5) is 19.7. The zero-order valence-electron chi connectivity index (χ0n) is 13.5. The first-order valence-electron chi connectivity index (χ1n) is 7.59. The zero-order valence-corrected chi connectivity index (χ0v) is 14.2. The van der Waals surface area contributed by atoms with Gasteiger partial charge < -0.3 is 16.0 Å². The second-order valence-corrected chi connectivity index (χ2v) is 5.72. The van der Waals surface area contributed by atoms with Crippen molar-refractivity contribution in [2.75, 3.05) is 16.0 Å². The Kier molecular flexibility index (Phi) is 5.11. The predicted octanol–water partition coefficient (Wildman–Crippen LogP) is 4.58. The summed E-state index contributed by atoms with van der Waals surface area (Å²) in [5, 5.41) is 9.71. The number of hydrogen-bond donors (Lipinski definition) is 3. The largest absolute Gasteiger partial charge is 0.340 e. The molecule has 0 saturated carbocycles. The van der Waals surface area contributed by atoms with Crippen molar-refractivity contribution in [1.29, 1.82) is 0 Å².